The Balaban J connectivity index is 2.13. The lowest BCUT2D eigenvalue weighted by Crippen LogP contribution is -2.46. The second-order valence-electron chi connectivity index (χ2n) is 7.73. The normalized spacial score (nSPS) is 10.9. The minimum Gasteiger partial charge on any atom is -0.385 e. The maximum Gasteiger partial charge on any atom is 0.352 e. The van der Waals surface area contributed by atoms with E-state index in [0.717, 1.165) is 31.5 Å². The number of methoxy groups -OCH3 is 1. The van der Waals surface area contributed by atoms with Crippen LogP contribution >= 0.6 is 0 Å². The van der Waals surface area contributed by atoms with E-state index < -0.39 is 17.2 Å². The fourth-order valence-corrected chi connectivity index (χ4v) is 3.28. The summed E-state index contributed by atoms with van der Waals surface area (Å²) in [6, 6.07) is 12.9. The Morgan fingerprint density at radius 3 is 2.47 bits per heavy atom. The molecule has 0 saturated carbocycles. The van der Waals surface area contributed by atoms with E-state index in [2.05, 4.69) is 10.4 Å². The highest BCUT2D eigenvalue weighted by Gasteiger charge is 2.20. The first-order chi connectivity index (χ1) is 15.3. The topological polar surface area (TPSA) is 95.2 Å². The van der Waals surface area contributed by atoms with Crippen LogP contribution in [0.15, 0.2) is 52.1 Å². The molecule has 0 atom stereocenters. The second-order valence-corrected chi connectivity index (χ2v) is 7.73. The molecule has 0 radical (unpaired) electrons. The molecule has 0 aliphatic rings. The van der Waals surface area contributed by atoms with Crippen molar-refractivity contribution in [2.45, 2.75) is 33.7 Å². The zero-order chi connectivity index (χ0) is 23.3. The first kappa shape index (κ1) is 23.1. The van der Waals surface area contributed by atoms with Crippen LogP contribution in [0.2, 0.25) is 0 Å². The largest absolute Gasteiger partial charge is 0.385 e. The molecule has 32 heavy (non-hydrogen) atoms. The third kappa shape index (κ3) is 5.03. The van der Waals surface area contributed by atoms with Crippen molar-refractivity contribution < 1.29 is 9.53 Å². The molecule has 3 aromatic rings. The van der Waals surface area contributed by atoms with Crippen LogP contribution in [0.1, 0.15) is 39.2 Å². The highest BCUT2D eigenvalue weighted by molar-refractivity contribution is 5.91. The van der Waals surface area contributed by atoms with Gasteiger partial charge in [0.25, 0.3) is 11.5 Å². The van der Waals surface area contributed by atoms with Gasteiger partial charge in [-0.1, -0.05) is 30.3 Å². The van der Waals surface area contributed by atoms with Crippen molar-refractivity contribution in [1.82, 2.24) is 19.7 Å². The summed E-state index contributed by atoms with van der Waals surface area (Å²) in [7, 11) is 1.58. The van der Waals surface area contributed by atoms with Crippen LogP contribution in [-0.4, -0.2) is 40.5 Å². The van der Waals surface area contributed by atoms with Gasteiger partial charge in [-0.15, -0.1) is 0 Å². The van der Waals surface area contributed by atoms with Crippen LogP contribution in [0.3, 0.4) is 0 Å². The minimum atomic E-state index is -0.720. The SMILES string of the molecule is COCCCNC(=O)c1nn(-c2ccc(C)c(C)c2)c(=O)n(Cc2ccccc2C)c1=O. The first-order valence-corrected chi connectivity index (χ1v) is 10.5. The molecule has 0 unspecified atom stereocenters. The number of ether oxygens (including phenoxy) is 1. The average Bonchev–Trinajstić information content (AvgIpc) is 2.77. The number of carbonyl (C=O) groups is 1. The molecule has 0 bridgehead atoms. The number of hydrogen-bond donors (Lipinski definition) is 1. The number of carbonyl (C=O) groups excluding carboxylic acids is 1. The highest BCUT2D eigenvalue weighted by atomic mass is 16.5. The molecule has 8 heteroatoms. The lowest BCUT2D eigenvalue weighted by molar-refractivity contribution is 0.0938. The van der Waals surface area contributed by atoms with Gasteiger partial charge in [-0.3, -0.25) is 14.2 Å². The van der Waals surface area contributed by atoms with Gasteiger partial charge in [0.1, 0.15) is 0 Å². The Hall–Kier alpha value is -3.52. The zero-order valence-electron chi connectivity index (χ0n) is 18.8. The predicted octanol–water partition coefficient (Wildman–Crippen LogP) is 2.13. The van der Waals surface area contributed by atoms with Crippen molar-refractivity contribution in [2.24, 2.45) is 0 Å². The van der Waals surface area contributed by atoms with Crippen molar-refractivity contribution in [3.05, 3.63) is 91.3 Å². The van der Waals surface area contributed by atoms with E-state index >= 15 is 0 Å². The third-order valence-corrected chi connectivity index (χ3v) is 5.41. The minimum absolute atomic E-state index is 0.0433. The van der Waals surface area contributed by atoms with E-state index in [9.17, 15) is 14.4 Å². The number of amides is 1. The van der Waals surface area contributed by atoms with Gasteiger partial charge in [0.05, 0.1) is 12.2 Å². The van der Waals surface area contributed by atoms with Crippen LogP contribution in [0.25, 0.3) is 5.69 Å². The van der Waals surface area contributed by atoms with E-state index in [1.54, 1.807) is 13.2 Å². The first-order valence-electron chi connectivity index (χ1n) is 10.5. The van der Waals surface area contributed by atoms with E-state index in [-0.39, 0.29) is 12.2 Å². The summed E-state index contributed by atoms with van der Waals surface area (Å²) in [5.74, 6) is -0.623. The van der Waals surface area contributed by atoms with Crippen molar-refractivity contribution in [1.29, 1.82) is 0 Å². The van der Waals surface area contributed by atoms with Crippen LogP contribution in [0, 0.1) is 20.8 Å². The standard InChI is InChI=1S/C24H28N4O4/c1-16-10-11-20(14-18(16)3)28-24(31)27(15-19-9-6-5-8-17(19)2)23(30)21(26-28)22(29)25-12-7-13-32-4/h5-6,8-11,14H,7,12-13,15H2,1-4H3,(H,25,29). The summed E-state index contributed by atoms with van der Waals surface area (Å²) in [5.41, 5.74) is 2.64. The molecule has 168 valence electrons. The number of hydrogen-bond acceptors (Lipinski definition) is 5. The summed E-state index contributed by atoms with van der Waals surface area (Å²) in [5, 5.41) is 6.85. The van der Waals surface area contributed by atoms with Gasteiger partial charge in [0.15, 0.2) is 0 Å². The Bertz CT molecular complexity index is 1240. The van der Waals surface area contributed by atoms with E-state index in [1.807, 2.05) is 57.2 Å². The van der Waals surface area contributed by atoms with Crippen molar-refractivity contribution in [3.8, 4) is 5.69 Å². The molecular formula is C24H28N4O4. The molecule has 0 aliphatic carbocycles. The van der Waals surface area contributed by atoms with E-state index in [4.69, 9.17) is 4.74 Å². The molecule has 0 saturated heterocycles. The van der Waals surface area contributed by atoms with Crippen molar-refractivity contribution in [3.63, 3.8) is 0 Å². The quantitative estimate of drug-likeness (QED) is 0.546. The number of aryl methyl sites for hydroxylation is 3. The number of aromatic nitrogens is 3. The van der Waals surface area contributed by atoms with Crippen molar-refractivity contribution in [2.75, 3.05) is 20.3 Å². The Kier molecular flexibility index (Phi) is 7.37. The number of rotatable bonds is 8. The van der Waals surface area contributed by atoms with Gasteiger partial charge in [0.2, 0.25) is 5.69 Å². The van der Waals surface area contributed by atoms with Crippen LogP contribution < -0.4 is 16.6 Å². The molecule has 1 heterocycles. The summed E-state index contributed by atoms with van der Waals surface area (Å²) in [4.78, 5) is 39.2. The fourth-order valence-electron chi connectivity index (χ4n) is 3.28. The van der Waals surface area contributed by atoms with Gasteiger partial charge < -0.3 is 10.1 Å². The molecule has 1 amide bonds. The zero-order valence-corrected chi connectivity index (χ0v) is 18.8. The second kappa shape index (κ2) is 10.2. The lowest BCUT2D eigenvalue weighted by Gasteiger charge is -2.14. The smallest absolute Gasteiger partial charge is 0.352 e. The van der Waals surface area contributed by atoms with Gasteiger partial charge in [-0.05, 0) is 61.6 Å². The Morgan fingerprint density at radius 2 is 1.78 bits per heavy atom. The van der Waals surface area contributed by atoms with E-state index in [1.165, 1.54) is 0 Å². The molecule has 0 fully saturated rings. The molecule has 0 spiro atoms. The Morgan fingerprint density at radius 1 is 1.03 bits per heavy atom. The molecular weight excluding hydrogens is 408 g/mol. The summed E-state index contributed by atoms with van der Waals surface area (Å²) in [6.07, 6.45) is 0.594. The predicted molar refractivity (Wildman–Crippen MR) is 123 cm³/mol. The summed E-state index contributed by atoms with van der Waals surface area (Å²) in [6.45, 7) is 6.65. The van der Waals surface area contributed by atoms with Crippen LogP contribution in [0.5, 0.6) is 0 Å². The number of nitrogens with one attached hydrogen (secondary N) is 1. The monoisotopic (exact) mass is 436 g/mol. The molecule has 1 N–H and O–H groups in total. The molecule has 0 aliphatic heterocycles. The number of benzene rings is 2. The van der Waals surface area contributed by atoms with Gasteiger partial charge in [-0.25, -0.2) is 4.79 Å². The number of nitrogens with zero attached hydrogens (tertiary/aromatic N) is 3. The summed E-state index contributed by atoms with van der Waals surface area (Å²) < 4.78 is 7.17. The molecule has 3 rings (SSSR count). The maximum atomic E-state index is 13.3. The molecule has 2 aromatic carbocycles. The van der Waals surface area contributed by atoms with Gasteiger partial charge >= 0.3 is 5.69 Å². The molecule has 8 nitrogen and oxygen atoms in total. The Labute approximate surface area is 186 Å². The van der Waals surface area contributed by atoms with Crippen LogP contribution in [0.4, 0.5) is 0 Å². The van der Waals surface area contributed by atoms with E-state index in [0.29, 0.717) is 25.3 Å². The van der Waals surface area contributed by atoms with Gasteiger partial charge in [0, 0.05) is 20.3 Å². The highest BCUT2D eigenvalue weighted by Crippen LogP contribution is 2.12. The summed E-state index contributed by atoms with van der Waals surface area (Å²) >= 11 is 0. The third-order valence-electron chi connectivity index (χ3n) is 5.41. The van der Waals surface area contributed by atoms with Crippen LogP contribution in [-0.2, 0) is 11.3 Å². The molecule has 1 aromatic heterocycles. The fraction of sp³-hybridized carbons (Fsp3) is 0.333. The average molecular weight is 437 g/mol. The van der Waals surface area contributed by atoms with Gasteiger partial charge in [-0.2, -0.15) is 9.78 Å². The maximum absolute atomic E-state index is 13.3. The lowest BCUT2D eigenvalue weighted by atomic mass is 10.1. The van der Waals surface area contributed by atoms with Crippen molar-refractivity contribution >= 4 is 5.91 Å².